The van der Waals surface area contributed by atoms with Crippen LogP contribution in [0.25, 0.3) is 11.4 Å². The minimum Gasteiger partial charge on any atom is -0.497 e. The van der Waals surface area contributed by atoms with E-state index in [2.05, 4.69) is 51.5 Å². The summed E-state index contributed by atoms with van der Waals surface area (Å²) < 4.78 is 10.6. The number of likely N-dealkylation sites (tertiary alicyclic amines) is 1. The van der Waals surface area contributed by atoms with Gasteiger partial charge in [0.15, 0.2) is 0 Å². The van der Waals surface area contributed by atoms with Crippen LogP contribution >= 0.6 is 0 Å². The summed E-state index contributed by atoms with van der Waals surface area (Å²) in [6, 6.07) is 16.4. The quantitative estimate of drug-likeness (QED) is 0.501. The number of rotatable bonds is 10. The number of ether oxygens (including phenoxy) is 1. The summed E-state index contributed by atoms with van der Waals surface area (Å²) in [5.74, 6) is 1.86. The van der Waals surface area contributed by atoms with Crippen LogP contribution in [0.5, 0.6) is 5.75 Å². The molecule has 0 bridgehead atoms. The van der Waals surface area contributed by atoms with Gasteiger partial charge < -0.3 is 14.6 Å². The van der Waals surface area contributed by atoms with Crippen molar-refractivity contribution in [3.05, 3.63) is 65.5 Å². The van der Waals surface area contributed by atoms with Gasteiger partial charge in [0.05, 0.1) is 13.2 Å². The molecule has 1 fully saturated rings. The van der Waals surface area contributed by atoms with Gasteiger partial charge in [0.25, 0.3) is 0 Å². The van der Waals surface area contributed by atoms with Gasteiger partial charge in [0, 0.05) is 24.9 Å². The van der Waals surface area contributed by atoms with Gasteiger partial charge in [-0.05, 0) is 55.6 Å². The third kappa shape index (κ3) is 5.99. The highest BCUT2D eigenvalue weighted by molar-refractivity contribution is 5.76. The standard InChI is InChI=1S/C26H32N4O3/c1-3-19-6-8-21(9-7-19)26-28-25(33-29-26)15-14-24(31)27-18-23(30-16-4-5-17-30)20-10-12-22(32-2)13-11-20/h6-13,23H,3-5,14-18H2,1-2H3,(H,27,31)/t23-/m1/s1. The molecule has 0 spiro atoms. The molecule has 0 unspecified atom stereocenters. The van der Waals surface area contributed by atoms with Gasteiger partial charge >= 0.3 is 0 Å². The van der Waals surface area contributed by atoms with Crippen LogP contribution in [-0.2, 0) is 17.6 Å². The van der Waals surface area contributed by atoms with Crippen molar-refractivity contribution >= 4 is 5.91 Å². The summed E-state index contributed by atoms with van der Waals surface area (Å²) in [5, 5.41) is 7.17. The fourth-order valence-electron chi connectivity index (χ4n) is 4.22. The van der Waals surface area contributed by atoms with Crippen LogP contribution in [0.1, 0.15) is 49.2 Å². The Hall–Kier alpha value is -3.19. The topological polar surface area (TPSA) is 80.5 Å². The lowest BCUT2D eigenvalue weighted by Gasteiger charge is -2.28. The van der Waals surface area contributed by atoms with Crippen molar-refractivity contribution in [2.24, 2.45) is 0 Å². The fraction of sp³-hybridized carbons (Fsp3) is 0.423. The predicted octanol–water partition coefficient (Wildman–Crippen LogP) is 4.19. The molecule has 4 rings (SSSR count). The van der Waals surface area contributed by atoms with Gasteiger partial charge in [-0.25, -0.2) is 0 Å². The Morgan fingerprint density at radius 2 is 1.85 bits per heavy atom. The first-order valence-electron chi connectivity index (χ1n) is 11.7. The van der Waals surface area contributed by atoms with E-state index in [-0.39, 0.29) is 11.9 Å². The summed E-state index contributed by atoms with van der Waals surface area (Å²) in [4.78, 5) is 19.5. The zero-order valence-corrected chi connectivity index (χ0v) is 19.4. The largest absolute Gasteiger partial charge is 0.497 e. The summed E-state index contributed by atoms with van der Waals surface area (Å²) in [6.45, 7) is 4.80. The van der Waals surface area contributed by atoms with E-state index in [4.69, 9.17) is 9.26 Å². The maximum Gasteiger partial charge on any atom is 0.227 e. The molecule has 1 amide bonds. The molecular weight excluding hydrogens is 416 g/mol. The molecule has 3 aromatic rings. The van der Waals surface area contributed by atoms with E-state index in [0.29, 0.717) is 31.1 Å². The first kappa shape index (κ1) is 23.0. The SMILES string of the molecule is CCc1ccc(-c2noc(CCC(=O)NC[C@H](c3ccc(OC)cc3)N3CCCC3)n2)cc1. The normalized spacial score (nSPS) is 14.8. The Balaban J connectivity index is 1.31. The molecule has 1 saturated heterocycles. The molecule has 0 radical (unpaired) electrons. The zero-order valence-electron chi connectivity index (χ0n) is 19.4. The number of benzene rings is 2. The Labute approximate surface area is 195 Å². The lowest BCUT2D eigenvalue weighted by atomic mass is 10.1. The van der Waals surface area contributed by atoms with Crippen LogP contribution in [0.15, 0.2) is 53.1 Å². The number of hydrogen-bond donors (Lipinski definition) is 1. The predicted molar refractivity (Wildman–Crippen MR) is 127 cm³/mol. The highest BCUT2D eigenvalue weighted by atomic mass is 16.5. The molecule has 0 aliphatic carbocycles. The van der Waals surface area contributed by atoms with Gasteiger partial charge in [0.2, 0.25) is 17.6 Å². The number of methoxy groups -OCH3 is 1. The van der Waals surface area contributed by atoms with Crippen molar-refractivity contribution in [1.29, 1.82) is 0 Å². The van der Waals surface area contributed by atoms with Gasteiger partial charge in [-0.3, -0.25) is 9.69 Å². The van der Waals surface area contributed by atoms with E-state index in [9.17, 15) is 4.79 Å². The monoisotopic (exact) mass is 448 g/mol. The number of nitrogens with zero attached hydrogens (tertiary/aromatic N) is 3. The molecule has 174 valence electrons. The fourth-order valence-corrected chi connectivity index (χ4v) is 4.22. The highest BCUT2D eigenvalue weighted by Crippen LogP contribution is 2.26. The number of carbonyl (C=O) groups is 1. The average Bonchev–Trinajstić information content (AvgIpc) is 3.56. The van der Waals surface area contributed by atoms with E-state index in [0.717, 1.165) is 30.8 Å². The summed E-state index contributed by atoms with van der Waals surface area (Å²) >= 11 is 0. The lowest BCUT2D eigenvalue weighted by molar-refractivity contribution is -0.121. The number of carbonyl (C=O) groups excluding carboxylic acids is 1. The van der Waals surface area contributed by atoms with Crippen LogP contribution in [0.3, 0.4) is 0 Å². The summed E-state index contributed by atoms with van der Waals surface area (Å²) in [5.41, 5.74) is 3.37. The van der Waals surface area contributed by atoms with Crippen LogP contribution in [0.4, 0.5) is 0 Å². The maximum absolute atomic E-state index is 12.6. The third-order valence-electron chi connectivity index (χ3n) is 6.23. The first-order valence-corrected chi connectivity index (χ1v) is 11.7. The second-order valence-electron chi connectivity index (χ2n) is 8.40. The van der Waals surface area contributed by atoms with Crippen molar-refractivity contribution < 1.29 is 14.1 Å². The molecule has 2 aromatic carbocycles. The minimum atomic E-state index is -0.0141. The lowest BCUT2D eigenvalue weighted by Crippen LogP contribution is -2.36. The van der Waals surface area contributed by atoms with Crippen molar-refractivity contribution in [2.75, 3.05) is 26.7 Å². The summed E-state index contributed by atoms with van der Waals surface area (Å²) in [7, 11) is 1.67. The molecule has 2 heterocycles. The summed E-state index contributed by atoms with van der Waals surface area (Å²) in [6.07, 6.45) is 4.11. The van der Waals surface area contributed by atoms with E-state index < -0.39 is 0 Å². The molecule has 1 aliphatic heterocycles. The number of aromatic nitrogens is 2. The second kappa shape index (κ2) is 11.1. The Bertz CT molecular complexity index is 1020. The molecule has 0 saturated carbocycles. The first-order chi connectivity index (χ1) is 16.2. The smallest absolute Gasteiger partial charge is 0.227 e. The molecule has 7 heteroatoms. The van der Waals surface area contributed by atoms with Gasteiger partial charge in [-0.15, -0.1) is 0 Å². The van der Waals surface area contributed by atoms with Gasteiger partial charge in [-0.1, -0.05) is 48.5 Å². The Morgan fingerprint density at radius 3 is 2.52 bits per heavy atom. The van der Waals surface area contributed by atoms with Crippen LogP contribution in [0, 0.1) is 0 Å². The van der Waals surface area contributed by atoms with Crippen molar-refractivity contribution in [3.8, 4) is 17.1 Å². The molecule has 1 atom stereocenters. The maximum atomic E-state index is 12.6. The Morgan fingerprint density at radius 1 is 1.12 bits per heavy atom. The van der Waals surface area contributed by atoms with E-state index >= 15 is 0 Å². The van der Waals surface area contributed by atoms with Crippen molar-refractivity contribution in [3.63, 3.8) is 0 Å². The van der Waals surface area contributed by atoms with Crippen LogP contribution in [-0.4, -0.2) is 47.7 Å². The van der Waals surface area contributed by atoms with Crippen molar-refractivity contribution in [1.82, 2.24) is 20.4 Å². The number of amides is 1. The van der Waals surface area contributed by atoms with Crippen LogP contribution < -0.4 is 10.1 Å². The third-order valence-corrected chi connectivity index (χ3v) is 6.23. The molecular formula is C26H32N4O3. The van der Waals surface area contributed by atoms with E-state index in [1.54, 1.807) is 7.11 Å². The minimum absolute atomic E-state index is 0.0141. The molecule has 33 heavy (non-hydrogen) atoms. The highest BCUT2D eigenvalue weighted by Gasteiger charge is 2.24. The number of hydrogen-bond acceptors (Lipinski definition) is 6. The molecule has 7 nitrogen and oxygen atoms in total. The van der Waals surface area contributed by atoms with Crippen molar-refractivity contribution in [2.45, 2.75) is 45.1 Å². The van der Waals surface area contributed by atoms with E-state index in [1.165, 1.54) is 24.0 Å². The molecule has 1 aliphatic rings. The zero-order chi connectivity index (χ0) is 23.0. The Kier molecular flexibility index (Phi) is 7.73. The van der Waals surface area contributed by atoms with Crippen LogP contribution in [0.2, 0.25) is 0 Å². The average molecular weight is 449 g/mol. The van der Waals surface area contributed by atoms with Gasteiger partial charge in [0.1, 0.15) is 5.75 Å². The second-order valence-corrected chi connectivity index (χ2v) is 8.40. The van der Waals surface area contributed by atoms with E-state index in [1.807, 2.05) is 24.3 Å². The van der Waals surface area contributed by atoms with Gasteiger partial charge in [-0.2, -0.15) is 4.98 Å². The molecule has 1 aromatic heterocycles. The number of aryl methyl sites for hydroxylation is 2. The molecule has 1 N–H and O–H groups in total. The number of nitrogens with one attached hydrogen (secondary N) is 1.